The van der Waals surface area contributed by atoms with Crippen LogP contribution < -0.4 is 5.56 Å². The van der Waals surface area contributed by atoms with Gasteiger partial charge in [-0.1, -0.05) is 42.0 Å². The number of carbonyl (C=O) groups is 1. The molecule has 0 radical (unpaired) electrons. The Morgan fingerprint density at radius 2 is 1.84 bits per heavy atom. The lowest BCUT2D eigenvalue weighted by molar-refractivity contribution is -0.132. The van der Waals surface area contributed by atoms with Crippen LogP contribution in [0.25, 0.3) is 11.0 Å². The standard InChI is InChI=1S/C20H21N3O2/c1-14-8-10-16(11-9-14)15(2)22(3)20(25)13-23-18-7-5-4-6-17(18)21-12-19(23)24/h4-12,15H,13H2,1-3H3. The zero-order valence-electron chi connectivity index (χ0n) is 14.6. The van der Waals surface area contributed by atoms with Gasteiger partial charge >= 0.3 is 0 Å². The Labute approximate surface area is 146 Å². The van der Waals surface area contributed by atoms with E-state index in [1.54, 1.807) is 18.0 Å². The number of hydrogen-bond acceptors (Lipinski definition) is 3. The Morgan fingerprint density at radius 3 is 2.56 bits per heavy atom. The van der Waals surface area contributed by atoms with E-state index >= 15 is 0 Å². The summed E-state index contributed by atoms with van der Waals surface area (Å²) in [7, 11) is 1.77. The van der Waals surface area contributed by atoms with Gasteiger partial charge in [0.05, 0.1) is 23.3 Å². The summed E-state index contributed by atoms with van der Waals surface area (Å²) in [6, 6.07) is 15.4. The molecule has 25 heavy (non-hydrogen) atoms. The van der Waals surface area contributed by atoms with Gasteiger partial charge in [-0.3, -0.25) is 14.2 Å². The Hall–Kier alpha value is -2.95. The minimum Gasteiger partial charge on any atom is -0.337 e. The van der Waals surface area contributed by atoms with Crippen LogP contribution in [0.15, 0.2) is 59.5 Å². The summed E-state index contributed by atoms with van der Waals surface area (Å²) in [6.07, 6.45) is 1.26. The van der Waals surface area contributed by atoms with Crippen LogP contribution in [0, 0.1) is 6.92 Å². The molecule has 0 bridgehead atoms. The van der Waals surface area contributed by atoms with Crippen molar-refractivity contribution in [2.24, 2.45) is 0 Å². The fourth-order valence-electron chi connectivity index (χ4n) is 2.81. The van der Waals surface area contributed by atoms with E-state index in [0.29, 0.717) is 11.0 Å². The van der Waals surface area contributed by atoms with Crippen LogP contribution >= 0.6 is 0 Å². The first kappa shape index (κ1) is 16.9. The van der Waals surface area contributed by atoms with Crippen LogP contribution in [0.2, 0.25) is 0 Å². The summed E-state index contributed by atoms with van der Waals surface area (Å²) in [6.45, 7) is 4.01. The minimum atomic E-state index is -0.275. The molecule has 0 fully saturated rings. The Bertz CT molecular complexity index is 961. The highest BCUT2D eigenvalue weighted by Gasteiger charge is 2.19. The maximum atomic E-state index is 12.7. The lowest BCUT2D eigenvalue weighted by Crippen LogP contribution is -2.35. The Balaban J connectivity index is 1.86. The van der Waals surface area contributed by atoms with Gasteiger partial charge in [-0.15, -0.1) is 0 Å². The molecule has 2 aromatic carbocycles. The van der Waals surface area contributed by atoms with Crippen molar-refractivity contribution in [3.63, 3.8) is 0 Å². The number of benzene rings is 2. The molecule has 1 amide bonds. The van der Waals surface area contributed by atoms with Gasteiger partial charge in [-0.05, 0) is 31.5 Å². The number of aromatic nitrogens is 2. The molecule has 5 nitrogen and oxygen atoms in total. The summed E-state index contributed by atoms with van der Waals surface area (Å²) in [5.41, 5.74) is 3.33. The van der Waals surface area contributed by atoms with E-state index < -0.39 is 0 Å². The first-order chi connectivity index (χ1) is 12.0. The molecule has 1 aromatic heterocycles. The van der Waals surface area contributed by atoms with Crippen molar-refractivity contribution < 1.29 is 4.79 Å². The second-order valence-electron chi connectivity index (χ2n) is 6.26. The van der Waals surface area contributed by atoms with Gasteiger partial charge < -0.3 is 4.90 Å². The number of rotatable bonds is 4. The molecule has 0 N–H and O–H groups in total. The Morgan fingerprint density at radius 1 is 1.16 bits per heavy atom. The lowest BCUT2D eigenvalue weighted by Gasteiger charge is -2.26. The van der Waals surface area contributed by atoms with Crippen LogP contribution in [0.3, 0.4) is 0 Å². The SMILES string of the molecule is Cc1ccc(C(C)N(C)C(=O)Cn2c(=O)cnc3ccccc32)cc1. The molecule has 0 saturated carbocycles. The first-order valence-electron chi connectivity index (χ1n) is 8.24. The fourth-order valence-corrected chi connectivity index (χ4v) is 2.81. The molecule has 0 aliphatic carbocycles. The summed E-state index contributed by atoms with van der Waals surface area (Å²) in [5.74, 6) is -0.119. The summed E-state index contributed by atoms with van der Waals surface area (Å²) in [4.78, 5) is 30.7. The number of amides is 1. The molecule has 3 rings (SSSR count). The molecule has 128 valence electrons. The van der Waals surface area contributed by atoms with Crippen LogP contribution in [-0.2, 0) is 11.3 Å². The number of likely N-dealkylation sites (N-methyl/N-ethyl adjacent to an activating group) is 1. The third-order valence-corrected chi connectivity index (χ3v) is 4.58. The van der Waals surface area contributed by atoms with E-state index in [9.17, 15) is 9.59 Å². The van der Waals surface area contributed by atoms with Gasteiger partial charge in [0.15, 0.2) is 0 Å². The summed E-state index contributed by atoms with van der Waals surface area (Å²) in [5, 5.41) is 0. The van der Waals surface area contributed by atoms with Crippen molar-refractivity contribution in [3.05, 3.63) is 76.2 Å². The van der Waals surface area contributed by atoms with Crippen LogP contribution in [0.4, 0.5) is 0 Å². The molecule has 0 aliphatic heterocycles. The van der Waals surface area contributed by atoms with Crippen LogP contribution in [0.5, 0.6) is 0 Å². The van der Waals surface area contributed by atoms with E-state index in [2.05, 4.69) is 4.98 Å². The van der Waals surface area contributed by atoms with Gasteiger partial charge in [-0.25, -0.2) is 4.98 Å². The summed E-state index contributed by atoms with van der Waals surface area (Å²) < 4.78 is 1.48. The monoisotopic (exact) mass is 335 g/mol. The first-order valence-corrected chi connectivity index (χ1v) is 8.24. The molecule has 5 heteroatoms. The molecule has 1 atom stereocenters. The minimum absolute atomic E-state index is 0.00539. The second-order valence-corrected chi connectivity index (χ2v) is 6.26. The van der Waals surface area contributed by atoms with E-state index in [1.807, 2.05) is 56.3 Å². The molecule has 0 saturated heterocycles. The number of aryl methyl sites for hydroxylation is 1. The highest BCUT2D eigenvalue weighted by atomic mass is 16.2. The average molecular weight is 335 g/mol. The van der Waals surface area contributed by atoms with Crippen molar-refractivity contribution in [2.45, 2.75) is 26.4 Å². The zero-order valence-corrected chi connectivity index (χ0v) is 14.6. The smallest absolute Gasteiger partial charge is 0.269 e. The number of carbonyl (C=O) groups excluding carboxylic acids is 1. The largest absolute Gasteiger partial charge is 0.337 e. The molecule has 0 aliphatic rings. The average Bonchev–Trinajstić information content (AvgIpc) is 2.63. The topological polar surface area (TPSA) is 55.2 Å². The van der Waals surface area contributed by atoms with Crippen LogP contribution in [0.1, 0.15) is 24.1 Å². The predicted octanol–water partition coefficient (Wildman–Crippen LogP) is 2.92. The summed E-state index contributed by atoms with van der Waals surface area (Å²) >= 11 is 0. The van der Waals surface area contributed by atoms with Gasteiger partial charge in [0.25, 0.3) is 5.56 Å². The Kier molecular flexibility index (Phi) is 4.65. The van der Waals surface area contributed by atoms with Gasteiger partial charge in [0.2, 0.25) is 5.91 Å². The molecule has 3 aromatic rings. The fraction of sp³-hybridized carbons (Fsp3) is 0.250. The molecular weight excluding hydrogens is 314 g/mol. The maximum absolute atomic E-state index is 12.7. The number of para-hydroxylation sites is 2. The third-order valence-electron chi connectivity index (χ3n) is 4.58. The van der Waals surface area contributed by atoms with E-state index in [0.717, 1.165) is 5.56 Å². The number of nitrogens with zero attached hydrogens (tertiary/aromatic N) is 3. The van der Waals surface area contributed by atoms with Gasteiger partial charge in [0.1, 0.15) is 6.54 Å². The molecular formula is C20H21N3O2. The quantitative estimate of drug-likeness (QED) is 0.737. The second kappa shape index (κ2) is 6.89. The highest BCUT2D eigenvalue weighted by Crippen LogP contribution is 2.19. The van der Waals surface area contributed by atoms with Crippen molar-refractivity contribution in [2.75, 3.05) is 7.05 Å². The van der Waals surface area contributed by atoms with E-state index in [1.165, 1.54) is 16.3 Å². The van der Waals surface area contributed by atoms with Gasteiger partial charge in [0, 0.05) is 7.05 Å². The molecule has 1 unspecified atom stereocenters. The highest BCUT2D eigenvalue weighted by molar-refractivity contribution is 5.80. The van der Waals surface area contributed by atoms with E-state index in [-0.39, 0.29) is 24.1 Å². The van der Waals surface area contributed by atoms with Crippen LogP contribution in [-0.4, -0.2) is 27.4 Å². The lowest BCUT2D eigenvalue weighted by atomic mass is 10.1. The predicted molar refractivity (Wildman–Crippen MR) is 98.4 cm³/mol. The maximum Gasteiger partial charge on any atom is 0.269 e. The molecule has 1 heterocycles. The van der Waals surface area contributed by atoms with Gasteiger partial charge in [-0.2, -0.15) is 0 Å². The van der Waals surface area contributed by atoms with Crippen molar-refractivity contribution >= 4 is 16.9 Å². The molecule has 0 spiro atoms. The third kappa shape index (κ3) is 3.45. The van der Waals surface area contributed by atoms with Crippen molar-refractivity contribution in [1.82, 2.24) is 14.5 Å². The zero-order chi connectivity index (χ0) is 18.0. The normalized spacial score (nSPS) is 12.1. The number of fused-ring (bicyclic) bond motifs is 1. The van der Waals surface area contributed by atoms with E-state index in [4.69, 9.17) is 0 Å². The number of hydrogen-bond donors (Lipinski definition) is 0. The van der Waals surface area contributed by atoms with Crippen molar-refractivity contribution in [1.29, 1.82) is 0 Å². The van der Waals surface area contributed by atoms with Crippen molar-refractivity contribution in [3.8, 4) is 0 Å².